The summed E-state index contributed by atoms with van der Waals surface area (Å²) in [4.78, 5) is 12.0. The predicted octanol–water partition coefficient (Wildman–Crippen LogP) is 3.18. The molecular formula is C16H19BrN4O. The largest absolute Gasteiger partial charge is 0.356 e. The number of aromatic nitrogens is 3. The number of halogens is 1. The van der Waals surface area contributed by atoms with E-state index in [0.717, 1.165) is 35.0 Å². The van der Waals surface area contributed by atoms with Crippen molar-refractivity contribution < 1.29 is 4.79 Å². The Morgan fingerprint density at radius 2 is 2.14 bits per heavy atom. The van der Waals surface area contributed by atoms with Gasteiger partial charge < -0.3 is 5.32 Å². The molecule has 0 spiro atoms. The molecule has 0 bridgehead atoms. The fourth-order valence-electron chi connectivity index (χ4n) is 3.08. The molecule has 2 unspecified atom stereocenters. The summed E-state index contributed by atoms with van der Waals surface area (Å²) in [5.41, 5.74) is 2.10. The smallest absolute Gasteiger partial charge is 0.223 e. The third-order valence-electron chi connectivity index (χ3n) is 4.19. The highest BCUT2D eigenvalue weighted by atomic mass is 79.9. The molecule has 1 saturated carbocycles. The third-order valence-corrected chi connectivity index (χ3v) is 4.72. The molecule has 5 nitrogen and oxygen atoms in total. The molecule has 1 aliphatic rings. The first kappa shape index (κ1) is 15.2. The number of rotatable bonds is 4. The average Bonchev–Trinajstić information content (AvgIpc) is 3.17. The highest BCUT2D eigenvalue weighted by molar-refractivity contribution is 9.10. The van der Waals surface area contributed by atoms with Gasteiger partial charge in [-0.05, 0) is 38.3 Å². The summed E-state index contributed by atoms with van der Waals surface area (Å²) in [5, 5.41) is 11.2. The van der Waals surface area contributed by atoms with E-state index in [4.69, 9.17) is 0 Å². The van der Waals surface area contributed by atoms with Crippen LogP contribution in [0, 0.1) is 5.92 Å². The van der Waals surface area contributed by atoms with Crippen LogP contribution in [-0.2, 0) is 4.79 Å². The van der Waals surface area contributed by atoms with Gasteiger partial charge in [-0.1, -0.05) is 33.3 Å². The van der Waals surface area contributed by atoms with Crippen LogP contribution in [0.25, 0.3) is 11.3 Å². The zero-order valence-corrected chi connectivity index (χ0v) is 14.1. The molecule has 3 rings (SSSR count). The monoisotopic (exact) mass is 362 g/mol. The van der Waals surface area contributed by atoms with Crippen LogP contribution in [0.3, 0.4) is 0 Å². The minimum Gasteiger partial charge on any atom is -0.356 e. The molecule has 1 aromatic heterocycles. The highest BCUT2D eigenvalue weighted by Crippen LogP contribution is 2.36. The number of benzene rings is 1. The summed E-state index contributed by atoms with van der Waals surface area (Å²) in [7, 11) is 0. The fourth-order valence-corrected chi connectivity index (χ4v) is 3.34. The Kier molecular flexibility index (Phi) is 4.57. The molecule has 6 heteroatoms. The SMILES string of the molecule is CCNC(=O)C1CCC(n2nncc2-c2ccc(Br)cc2)C1. The van der Waals surface area contributed by atoms with Crippen molar-refractivity contribution in [3.8, 4) is 11.3 Å². The standard InChI is InChI=1S/C16H19BrN4O/c1-2-18-16(22)12-5-8-14(9-12)21-15(10-19-20-21)11-3-6-13(17)7-4-11/h3-4,6-7,10,12,14H,2,5,8-9H2,1H3,(H,18,22). The first-order valence-corrected chi connectivity index (χ1v) is 8.42. The van der Waals surface area contributed by atoms with Gasteiger partial charge in [0.1, 0.15) is 0 Å². The molecule has 22 heavy (non-hydrogen) atoms. The maximum Gasteiger partial charge on any atom is 0.223 e. The lowest BCUT2D eigenvalue weighted by Crippen LogP contribution is -2.29. The van der Waals surface area contributed by atoms with E-state index in [0.29, 0.717) is 6.54 Å². The van der Waals surface area contributed by atoms with Gasteiger partial charge in [0, 0.05) is 22.5 Å². The summed E-state index contributed by atoms with van der Waals surface area (Å²) >= 11 is 3.45. The number of carbonyl (C=O) groups is 1. The van der Waals surface area contributed by atoms with Crippen molar-refractivity contribution in [2.45, 2.75) is 32.2 Å². The Hall–Kier alpha value is -1.69. The number of carbonyl (C=O) groups excluding carboxylic acids is 1. The Labute approximate surface area is 138 Å². The van der Waals surface area contributed by atoms with Crippen LogP contribution in [0.5, 0.6) is 0 Å². The number of hydrogen-bond donors (Lipinski definition) is 1. The maximum atomic E-state index is 12.0. The first-order chi connectivity index (χ1) is 10.7. The van der Waals surface area contributed by atoms with Crippen LogP contribution in [0.2, 0.25) is 0 Å². The van der Waals surface area contributed by atoms with Gasteiger partial charge >= 0.3 is 0 Å². The first-order valence-electron chi connectivity index (χ1n) is 7.63. The van der Waals surface area contributed by atoms with E-state index in [-0.39, 0.29) is 17.9 Å². The molecule has 0 radical (unpaired) electrons. The quantitative estimate of drug-likeness (QED) is 0.908. The molecule has 1 N–H and O–H groups in total. The van der Waals surface area contributed by atoms with Gasteiger partial charge in [-0.2, -0.15) is 0 Å². The molecule has 116 valence electrons. The summed E-state index contributed by atoms with van der Waals surface area (Å²) in [6.45, 7) is 2.64. The van der Waals surface area contributed by atoms with E-state index < -0.39 is 0 Å². The van der Waals surface area contributed by atoms with Gasteiger partial charge in [0.05, 0.1) is 17.9 Å². The van der Waals surface area contributed by atoms with Gasteiger partial charge in [-0.15, -0.1) is 5.10 Å². The molecule has 2 atom stereocenters. The van der Waals surface area contributed by atoms with Crippen LogP contribution in [-0.4, -0.2) is 27.4 Å². The molecule has 0 saturated heterocycles. The molecule has 1 heterocycles. The van der Waals surface area contributed by atoms with Crippen molar-refractivity contribution in [2.75, 3.05) is 6.54 Å². The van der Waals surface area contributed by atoms with E-state index in [1.54, 1.807) is 6.20 Å². The van der Waals surface area contributed by atoms with Crippen LogP contribution in [0.4, 0.5) is 0 Å². The van der Waals surface area contributed by atoms with Crippen LogP contribution in [0.15, 0.2) is 34.9 Å². The second-order valence-corrected chi connectivity index (χ2v) is 6.54. The van der Waals surface area contributed by atoms with Gasteiger partial charge in [0.25, 0.3) is 0 Å². The minimum atomic E-state index is 0.0897. The normalized spacial score (nSPS) is 21.0. The van der Waals surface area contributed by atoms with E-state index in [1.807, 2.05) is 23.7 Å². The van der Waals surface area contributed by atoms with Crippen LogP contribution in [0.1, 0.15) is 32.2 Å². The lowest BCUT2D eigenvalue weighted by atomic mass is 10.1. The third kappa shape index (κ3) is 3.06. The number of nitrogens with zero attached hydrogens (tertiary/aromatic N) is 3. The summed E-state index contributed by atoms with van der Waals surface area (Å²) in [6, 6.07) is 8.37. The molecule has 0 aliphatic heterocycles. The highest BCUT2D eigenvalue weighted by Gasteiger charge is 2.32. The van der Waals surface area contributed by atoms with Crippen LogP contribution < -0.4 is 5.32 Å². The van der Waals surface area contributed by atoms with E-state index in [9.17, 15) is 4.79 Å². The molecule has 1 aromatic carbocycles. The predicted molar refractivity (Wildman–Crippen MR) is 88.2 cm³/mol. The summed E-state index contributed by atoms with van der Waals surface area (Å²) < 4.78 is 3.02. The average molecular weight is 363 g/mol. The molecular weight excluding hydrogens is 344 g/mol. The maximum absolute atomic E-state index is 12.0. The van der Waals surface area contributed by atoms with Gasteiger partial charge in [-0.25, -0.2) is 4.68 Å². The Balaban J connectivity index is 1.78. The Morgan fingerprint density at radius 3 is 2.86 bits per heavy atom. The molecule has 1 amide bonds. The minimum absolute atomic E-state index is 0.0897. The summed E-state index contributed by atoms with van der Waals surface area (Å²) in [5.74, 6) is 0.252. The number of hydrogen-bond acceptors (Lipinski definition) is 3. The van der Waals surface area contributed by atoms with Gasteiger partial charge in [0.15, 0.2) is 0 Å². The van der Waals surface area contributed by atoms with Crippen molar-refractivity contribution >= 4 is 21.8 Å². The zero-order chi connectivity index (χ0) is 15.5. The summed E-state index contributed by atoms with van der Waals surface area (Å²) in [6.07, 6.45) is 4.51. The number of nitrogens with one attached hydrogen (secondary N) is 1. The second kappa shape index (κ2) is 6.60. The van der Waals surface area contributed by atoms with Crippen molar-refractivity contribution in [3.63, 3.8) is 0 Å². The van der Waals surface area contributed by atoms with Crippen LogP contribution >= 0.6 is 15.9 Å². The van der Waals surface area contributed by atoms with E-state index in [1.165, 1.54) is 0 Å². The van der Waals surface area contributed by atoms with Crippen molar-refractivity contribution in [2.24, 2.45) is 5.92 Å². The lowest BCUT2D eigenvalue weighted by Gasteiger charge is -2.14. The van der Waals surface area contributed by atoms with Crippen molar-refractivity contribution in [1.29, 1.82) is 0 Å². The Morgan fingerprint density at radius 1 is 1.36 bits per heavy atom. The van der Waals surface area contributed by atoms with Gasteiger partial charge in [-0.3, -0.25) is 4.79 Å². The number of amides is 1. The fraction of sp³-hybridized carbons (Fsp3) is 0.438. The van der Waals surface area contributed by atoms with Crippen molar-refractivity contribution in [1.82, 2.24) is 20.3 Å². The lowest BCUT2D eigenvalue weighted by molar-refractivity contribution is -0.124. The van der Waals surface area contributed by atoms with E-state index >= 15 is 0 Å². The second-order valence-electron chi connectivity index (χ2n) is 5.63. The van der Waals surface area contributed by atoms with E-state index in [2.05, 4.69) is 43.7 Å². The Bertz CT molecular complexity index is 652. The molecule has 2 aromatic rings. The molecule has 1 fully saturated rings. The topological polar surface area (TPSA) is 59.8 Å². The zero-order valence-electron chi connectivity index (χ0n) is 12.5. The molecule has 1 aliphatic carbocycles. The van der Waals surface area contributed by atoms with Crippen molar-refractivity contribution in [3.05, 3.63) is 34.9 Å². The van der Waals surface area contributed by atoms with Gasteiger partial charge in [0.2, 0.25) is 5.91 Å².